The Hall–Kier alpha value is -3.14. The van der Waals surface area contributed by atoms with Gasteiger partial charge in [0.15, 0.2) is 15.8 Å². The highest BCUT2D eigenvalue weighted by Crippen LogP contribution is 2.27. The molecular weight excluding hydrogens is 382 g/mol. The van der Waals surface area contributed by atoms with Crippen LogP contribution in [0.1, 0.15) is 5.56 Å². The van der Waals surface area contributed by atoms with Crippen LogP contribution < -0.4 is 16.0 Å². The first-order valence-corrected chi connectivity index (χ1v) is 10.4. The number of sulfone groups is 1. The van der Waals surface area contributed by atoms with Crippen molar-refractivity contribution >= 4 is 27.2 Å². The van der Waals surface area contributed by atoms with E-state index < -0.39 is 14.8 Å². The van der Waals surface area contributed by atoms with E-state index in [-0.39, 0.29) is 16.3 Å². The fourth-order valence-electron chi connectivity index (χ4n) is 2.42. The van der Waals surface area contributed by atoms with Gasteiger partial charge in [0.25, 0.3) is 5.69 Å². The maximum absolute atomic E-state index is 11.6. The minimum Gasteiger partial charge on any atom is -0.378 e. The number of nitrogens with zero attached hydrogens (tertiary/aromatic N) is 2. The van der Waals surface area contributed by atoms with Crippen molar-refractivity contribution in [2.45, 2.75) is 11.4 Å². The highest BCUT2D eigenvalue weighted by molar-refractivity contribution is 7.90. The molecule has 150 valence electrons. The largest absolute Gasteiger partial charge is 0.378 e. The molecule has 9 nitrogen and oxygen atoms in total. The molecule has 0 spiro atoms. The molecule has 0 heterocycles. The Balaban J connectivity index is 1.89. The molecule has 28 heavy (non-hydrogen) atoms. The molecule has 0 aliphatic heterocycles. The van der Waals surface area contributed by atoms with Gasteiger partial charge in [-0.25, -0.2) is 8.42 Å². The first-order chi connectivity index (χ1) is 13.3. The summed E-state index contributed by atoms with van der Waals surface area (Å²) in [4.78, 5) is 14.7. The Morgan fingerprint density at radius 3 is 2.43 bits per heavy atom. The van der Waals surface area contributed by atoms with E-state index in [1.54, 1.807) is 7.05 Å². The maximum Gasteiger partial charge on any atom is 0.293 e. The third-order valence-electron chi connectivity index (χ3n) is 3.85. The van der Waals surface area contributed by atoms with Crippen LogP contribution in [0.15, 0.2) is 58.4 Å². The lowest BCUT2D eigenvalue weighted by molar-refractivity contribution is -0.384. The lowest BCUT2D eigenvalue weighted by Crippen LogP contribution is -2.39. The third kappa shape index (κ3) is 6.23. The molecule has 2 aromatic rings. The van der Waals surface area contributed by atoms with Crippen molar-refractivity contribution in [2.75, 3.05) is 31.7 Å². The van der Waals surface area contributed by atoms with Crippen molar-refractivity contribution in [3.8, 4) is 0 Å². The second-order valence-electron chi connectivity index (χ2n) is 5.97. The van der Waals surface area contributed by atoms with Crippen molar-refractivity contribution in [2.24, 2.45) is 4.99 Å². The van der Waals surface area contributed by atoms with Crippen LogP contribution in [-0.2, 0) is 16.4 Å². The van der Waals surface area contributed by atoms with Gasteiger partial charge in [-0.1, -0.05) is 30.3 Å². The van der Waals surface area contributed by atoms with Gasteiger partial charge < -0.3 is 16.0 Å². The minimum atomic E-state index is -3.51. The van der Waals surface area contributed by atoms with Crippen molar-refractivity contribution in [1.29, 1.82) is 0 Å². The Bertz CT molecular complexity index is 946. The van der Waals surface area contributed by atoms with Gasteiger partial charge in [-0.2, -0.15) is 0 Å². The fraction of sp³-hybridized carbons (Fsp3) is 0.278. The molecule has 0 bridgehead atoms. The van der Waals surface area contributed by atoms with Crippen molar-refractivity contribution < 1.29 is 13.3 Å². The molecule has 0 amide bonds. The smallest absolute Gasteiger partial charge is 0.293 e. The average Bonchev–Trinajstić information content (AvgIpc) is 2.67. The van der Waals surface area contributed by atoms with Gasteiger partial charge in [0.05, 0.1) is 9.82 Å². The van der Waals surface area contributed by atoms with E-state index >= 15 is 0 Å². The van der Waals surface area contributed by atoms with Crippen LogP contribution in [0.3, 0.4) is 0 Å². The Kier molecular flexibility index (Phi) is 7.33. The summed E-state index contributed by atoms with van der Waals surface area (Å²) in [7, 11) is -1.86. The van der Waals surface area contributed by atoms with E-state index in [1.165, 1.54) is 12.1 Å². The number of rotatable bonds is 8. The molecule has 0 aliphatic rings. The summed E-state index contributed by atoms with van der Waals surface area (Å²) >= 11 is 0. The molecule has 0 radical (unpaired) electrons. The molecule has 2 aromatic carbocycles. The number of guanidine groups is 1. The van der Waals surface area contributed by atoms with Gasteiger partial charge in [-0.05, 0) is 17.7 Å². The van der Waals surface area contributed by atoms with Gasteiger partial charge in [0.1, 0.15) is 5.69 Å². The highest BCUT2D eigenvalue weighted by Gasteiger charge is 2.18. The molecule has 0 saturated heterocycles. The fourth-order valence-corrected chi connectivity index (χ4v) is 3.06. The van der Waals surface area contributed by atoms with Crippen LogP contribution in [-0.4, -0.2) is 45.7 Å². The summed E-state index contributed by atoms with van der Waals surface area (Å²) in [6.07, 6.45) is 1.01. The zero-order valence-corrected chi connectivity index (χ0v) is 16.5. The van der Waals surface area contributed by atoms with Crippen LogP contribution >= 0.6 is 0 Å². The Morgan fingerprint density at radius 2 is 1.82 bits per heavy atom. The first kappa shape index (κ1) is 21.2. The van der Waals surface area contributed by atoms with Crippen LogP contribution in [0.4, 0.5) is 11.4 Å². The predicted molar refractivity (Wildman–Crippen MR) is 109 cm³/mol. The Morgan fingerprint density at radius 1 is 1.11 bits per heavy atom. The van der Waals surface area contributed by atoms with Crippen molar-refractivity contribution in [3.05, 3.63) is 64.2 Å². The number of nitrogens with one attached hydrogen (secondary N) is 3. The van der Waals surface area contributed by atoms with Gasteiger partial charge in [0, 0.05) is 39.0 Å². The quantitative estimate of drug-likeness (QED) is 0.201. The molecule has 0 aromatic heterocycles. The summed E-state index contributed by atoms with van der Waals surface area (Å²) in [5.41, 5.74) is 1.09. The van der Waals surface area contributed by atoms with Crippen LogP contribution in [0.5, 0.6) is 0 Å². The number of hydrogen-bond donors (Lipinski definition) is 3. The zero-order valence-electron chi connectivity index (χ0n) is 15.7. The van der Waals surface area contributed by atoms with E-state index in [0.29, 0.717) is 25.6 Å². The number of hydrogen-bond acceptors (Lipinski definition) is 6. The number of nitro benzene ring substituents is 1. The van der Waals surface area contributed by atoms with E-state index in [4.69, 9.17) is 0 Å². The maximum atomic E-state index is 11.6. The Labute approximate surface area is 164 Å². The standard InChI is InChI=1S/C18H23N5O4S/c1-19-18(22-13-14-6-4-3-5-7-14)21-11-10-20-16-9-8-15(28(2,26)27)12-17(16)23(24)25/h3-9,12,20H,10-11,13H2,1-2H3,(H2,19,21,22). The summed E-state index contributed by atoms with van der Waals surface area (Å²) in [5, 5.41) is 20.5. The monoisotopic (exact) mass is 405 g/mol. The average molecular weight is 405 g/mol. The second kappa shape index (κ2) is 9.70. The lowest BCUT2D eigenvalue weighted by Gasteiger charge is -2.13. The summed E-state index contributed by atoms with van der Waals surface area (Å²) < 4.78 is 23.2. The summed E-state index contributed by atoms with van der Waals surface area (Å²) in [6, 6.07) is 13.7. The molecule has 3 N–H and O–H groups in total. The zero-order chi connectivity index (χ0) is 20.6. The molecule has 0 fully saturated rings. The minimum absolute atomic E-state index is 0.0895. The lowest BCUT2D eigenvalue weighted by atomic mass is 10.2. The molecule has 0 aliphatic carbocycles. The normalized spacial score (nSPS) is 11.7. The van der Waals surface area contributed by atoms with Crippen molar-refractivity contribution in [3.63, 3.8) is 0 Å². The highest BCUT2D eigenvalue weighted by atomic mass is 32.2. The third-order valence-corrected chi connectivity index (χ3v) is 4.96. The SMILES string of the molecule is CN=C(NCCNc1ccc(S(C)(=O)=O)cc1[N+](=O)[O-])NCc1ccccc1. The van der Waals surface area contributed by atoms with Crippen LogP contribution in [0.2, 0.25) is 0 Å². The van der Waals surface area contributed by atoms with Gasteiger partial charge >= 0.3 is 0 Å². The number of aliphatic imine (C=N–C) groups is 1. The van der Waals surface area contributed by atoms with Gasteiger partial charge in [-0.3, -0.25) is 15.1 Å². The molecule has 0 atom stereocenters. The van der Waals surface area contributed by atoms with E-state index in [2.05, 4.69) is 20.9 Å². The first-order valence-electron chi connectivity index (χ1n) is 8.52. The predicted octanol–water partition coefficient (Wildman–Crippen LogP) is 1.78. The molecule has 0 saturated carbocycles. The van der Waals surface area contributed by atoms with E-state index in [0.717, 1.165) is 17.9 Å². The van der Waals surface area contributed by atoms with Gasteiger partial charge in [0.2, 0.25) is 0 Å². The second-order valence-corrected chi connectivity index (χ2v) is 7.99. The topological polar surface area (TPSA) is 126 Å². The molecule has 0 unspecified atom stereocenters. The molecular formula is C18H23N5O4S. The van der Waals surface area contributed by atoms with Crippen molar-refractivity contribution in [1.82, 2.24) is 10.6 Å². The molecule has 10 heteroatoms. The molecule has 2 rings (SSSR count). The van der Waals surface area contributed by atoms with Crippen LogP contribution in [0.25, 0.3) is 0 Å². The number of benzene rings is 2. The van der Waals surface area contributed by atoms with E-state index in [1.807, 2.05) is 30.3 Å². The van der Waals surface area contributed by atoms with E-state index in [9.17, 15) is 18.5 Å². The summed E-state index contributed by atoms with van der Waals surface area (Å²) in [6.45, 7) is 1.46. The van der Waals surface area contributed by atoms with Crippen LogP contribution in [0, 0.1) is 10.1 Å². The van der Waals surface area contributed by atoms with Gasteiger partial charge in [-0.15, -0.1) is 0 Å². The number of nitro groups is 1. The summed E-state index contributed by atoms with van der Waals surface area (Å²) in [5.74, 6) is 0.604. The number of anilines is 1.